The van der Waals surface area contributed by atoms with Crippen LogP contribution in [-0.2, 0) is 11.2 Å². The van der Waals surface area contributed by atoms with Gasteiger partial charge in [0.05, 0.1) is 13.2 Å². The number of amides is 1. The van der Waals surface area contributed by atoms with Crippen molar-refractivity contribution < 1.29 is 18.3 Å². The minimum Gasteiger partial charge on any atom is -0.481 e. The fourth-order valence-electron chi connectivity index (χ4n) is 3.82. The first-order valence-corrected chi connectivity index (χ1v) is 9.33. The van der Waals surface area contributed by atoms with Crippen LogP contribution in [0.15, 0.2) is 42.6 Å². The van der Waals surface area contributed by atoms with Crippen molar-refractivity contribution in [3.63, 3.8) is 0 Å². The highest BCUT2D eigenvalue weighted by molar-refractivity contribution is 5.91. The maximum Gasteiger partial charge on any atom is 0.245 e. The zero-order valence-electron chi connectivity index (χ0n) is 16.4. The number of pyridine rings is 1. The Hall–Kier alpha value is -3.22. The summed E-state index contributed by atoms with van der Waals surface area (Å²) >= 11 is 0. The summed E-state index contributed by atoms with van der Waals surface area (Å²) in [6.07, 6.45) is 2.15. The molecule has 0 saturated heterocycles. The van der Waals surface area contributed by atoms with Gasteiger partial charge in [0.2, 0.25) is 11.8 Å². The summed E-state index contributed by atoms with van der Waals surface area (Å²) in [5.74, 6) is -1.81. The first-order valence-electron chi connectivity index (χ1n) is 9.33. The molecular formula is C22H21F2N3O2. The zero-order valence-corrected chi connectivity index (χ0v) is 16.4. The number of hydrogen-bond acceptors (Lipinski definition) is 4. The van der Waals surface area contributed by atoms with Crippen LogP contribution in [0.5, 0.6) is 5.88 Å². The van der Waals surface area contributed by atoms with Crippen LogP contribution in [0.3, 0.4) is 0 Å². The number of aromatic nitrogens is 1. The third-order valence-electron chi connectivity index (χ3n) is 5.56. The Morgan fingerprint density at radius 3 is 2.62 bits per heavy atom. The highest BCUT2D eigenvalue weighted by atomic mass is 19.2. The lowest BCUT2D eigenvalue weighted by Crippen LogP contribution is -2.41. The predicted octanol–water partition coefficient (Wildman–Crippen LogP) is 4.08. The van der Waals surface area contributed by atoms with Gasteiger partial charge in [-0.05, 0) is 36.1 Å². The molecule has 3 aromatic rings. The van der Waals surface area contributed by atoms with Gasteiger partial charge in [-0.1, -0.05) is 18.2 Å². The molecule has 2 heterocycles. The van der Waals surface area contributed by atoms with Gasteiger partial charge in [0.25, 0.3) is 0 Å². The summed E-state index contributed by atoms with van der Waals surface area (Å²) in [6.45, 7) is 1.84. The van der Waals surface area contributed by atoms with E-state index in [9.17, 15) is 13.6 Å². The first kappa shape index (κ1) is 19.1. The minimum atomic E-state index is -0.972. The molecule has 1 aromatic heterocycles. The summed E-state index contributed by atoms with van der Waals surface area (Å²) in [4.78, 5) is 18.9. The first-order chi connectivity index (χ1) is 13.9. The smallest absolute Gasteiger partial charge is 0.245 e. The van der Waals surface area contributed by atoms with Gasteiger partial charge in [-0.25, -0.2) is 13.8 Å². The number of hydrogen-bond donors (Lipinski definition) is 1. The van der Waals surface area contributed by atoms with Gasteiger partial charge in [0.1, 0.15) is 6.04 Å². The van der Waals surface area contributed by atoms with E-state index in [4.69, 9.17) is 4.74 Å². The number of fused-ring (bicyclic) bond motifs is 2. The maximum atomic E-state index is 14.0. The van der Waals surface area contributed by atoms with Gasteiger partial charge in [0, 0.05) is 36.3 Å². The monoisotopic (exact) mass is 397 g/mol. The third-order valence-corrected chi connectivity index (χ3v) is 5.56. The van der Waals surface area contributed by atoms with Crippen LogP contribution in [0.25, 0.3) is 10.8 Å². The fourth-order valence-corrected chi connectivity index (χ4v) is 3.82. The van der Waals surface area contributed by atoms with Gasteiger partial charge in [-0.3, -0.25) is 4.79 Å². The molecule has 150 valence electrons. The molecule has 1 aliphatic heterocycles. The van der Waals surface area contributed by atoms with E-state index in [-0.39, 0.29) is 17.8 Å². The molecular weight excluding hydrogens is 376 g/mol. The zero-order chi connectivity index (χ0) is 20.7. The lowest BCUT2D eigenvalue weighted by molar-refractivity contribution is -0.132. The van der Waals surface area contributed by atoms with Crippen molar-refractivity contribution in [2.24, 2.45) is 0 Å². The Balaban J connectivity index is 1.66. The molecule has 1 N–H and O–H groups in total. The van der Waals surface area contributed by atoms with Crippen LogP contribution in [0.2, 0.25) is 0 Å². The number of nitrogens with zero attached hydrogens (tertiary/aromatic N) is 2. The van der Waals surface area contributed by atoms with E-state index >= 15 is 0 Å². The molecule has 29 heavy (non-hydrogen) atoms. The number of ether oxygens (including phenoxy) is 1. The summed E-state index contributed by atoms with van der Waals surface area (Å²) < 4.78 is 32.9. The SMILES string of the molecule is COc1ncc([C@@H](C)N(C)C(=O)[C@H]2Cc3ccccc3N2)c2cc(F)c(F)cc12. The second kappa shape index (κ2) is 7.31. The van der Waals surface area contributed by atoms with Gasteiger partial charge in [0.15, 0.2) is 11.6 Å². The number of para-hydroxylation sites is 1. The number of carbonyl (C=O) groups is 1. The van der Waals surface area contributed by atoms with Crippen molar-refractivity contribution >= 4 is 22.4 Å². The number of anilines is 1. The topological polar surface area (TPSA) is 54.5 Å². The molecule has 1 aliphatic rings. The molecule has 5 nitrogen and oxygen atoms in total. The van der Waals surface area contributed by atoms with Gasteiger partial charge in [-0.2, -0.15) is 0 Å². The Bertz CT molecular complexity index is 1080. The molecule has 0 aliphatic carbocycles. The Labute approximate surface area is 167 Å². The highest BCUT2D eigenvalue weighted by Gasteiger charge is 2.31. The molecule has 0 radical (unpaired) electrons. The number of rotatable bonds is 4. The van der Waals surface area contributed by atoms with E-state index in [2.05, 4.69) is 10.3 Å². The Kier molecular flexibility index (Phi) is 4.82. The Morgan fingerprint density at radius 2 is 1.93 bits per heavy atom. The average Bonchev–Trinajstić information content (AvgIpc) is 3.16. The van der Waals surface area contributed by atoms with E-state index in [1.165, 1.54) is 7.11 Å². The van der Waals surface area contributed by atoms with Crippen molar-refractivity contribution in [3.8, 4) is 5.88 Å². The third kappa shape index (κ3) is 3.26. The van der Waals surface area contributed by atoms with E-state index < -0.39 is 17.7 Å². The van der Waals surface area contributed by atoms with Crippen LogP contribution in [0.1, 0.15) is 24.1 Å². The number of carbonyl (C=O) groups excluding carboxylic acids is 1. The quantitative estimate of drug-likeness (QED) is 0.721. The Morgan fingerprint density at radius 1 is 1.24 bits per heavy atom. The number of likely N-dealkylation sites (N-methyl/N-ethyl adjacent to an activating group) is 1. The number of methoxy groups -OCH3 is 1. The largest absolute Gasteiger partial charge is 0.481 e. The van der Waals surface area contributed by atoms with Gasteiger partial charge in [-0.15, -0.1) is 0 Å². The van der Waals surface area contributed by atoms with Gasteiger partial charge >= 0.3 is 0 Å². The maximum absolute atomic E-state index is 14.0. The molecule has 1 amide bonds. The average molecular weight is 397 g/mol. The standard InChI is InChI=1S/C22H21F2N3O2/c1-12(27(2)22(28)20-8-13-6-4-5-7-19(13)26-20)16-11-25-21(29-3)15-10-18(24)17(23)9-14(15)16/h4-7,9-12,20,26H,8H2,1-3H3/t12-,20-/m1/s1. The van der Waals surface area contributed by atoms with E-state index in [0.717, 1.165) is 23.4 Å². The number of halogens is 2. The van der Waals surface area contributed by atoms with Crippen LogP contribution in [0.4, 0.5) is 14.5 Å². The minimum absolute atomic E-state index is 0.0831. The second-order valence-electron chi connectivity index (χ2n) is 7.22. The lowest BCUT2D eigenvalue weighted by Gasteiger charge is -2.29. The fraction of sp³-hybridized carbons (Fsp3) is 0.273. The number of nitrogens with one attached hydrogen (secondary N) is 1. The van der Waals surface area contributed by atoms with Gasteiger partial charge < -0.3 is 15.0 Å². The molecule has 0 fully saturated rings. The summed E-state index contributed by atoms with van der Waals surface area (Å²) in [7, 11) is 3.12. The lowest BCUT2D eigenvalue weighted by atomic mass is 10.00. The van der Waals surface area contributed by atoms with Crippen molar-refractivity contribution in [2.45, 2.75) is 25.4 Å². The molecule has 2 aromatic carbocycles. The van der Waals surface area contributed by atoms with E-state index in [1.807, 2.05) is 31.2 Å². The summed E-state index contributed by atoms with van der Waals surface area (Å²) in [6, 6.07) is 9.25. The summed E-state index contributed by atoms with van der Waals surface area (Å²) in [5.41, 5.74) is 2.67. The molecule has 0 bridgehead atoms. The van der Waals surface area contributed by atoms with Crippen molar-refractivity contribution in [1.82, 2.24) is 9.88 Å². The molecule has 2 atom stereocenters. The second-order valence-corrected chi connectivity index (χ2v) is 7.22. The van der Waals surface area contributed by atoms with E-state index in [1.54, 1.807) is 18.1 Å². The normalized spacial score (nSPS) is 16.2. The molecule has 0 spiro atoms. The van der Waals surface area contributed by atoms with Crippen LogP contribution in [0, 0.1) is 11.6 Å². The van der Waals surface area contributed by atoms with Crippen LogP contribution in [-0.4, -0.2) is 36.0 Å². The van der Waals surface area contributed by atoms with Crippen LogP contribution < -0.4 is 10.1 Å². The molecule has 4 rings (SSSR count). The molecule has 0 saturated carbocycles. The predicted molar refractivity (Wildman–Crippen MR) is 107 cm³/mol. The van der Waals surface area contributed by atoms with Crippen molar-refractivity contribution in [1.29, 1.82) is 0 Å². The number of benzene rings is 2. The molecule has 7 heteroatoms. The summed E-state index contributed by atoms with van der Waals surface area (Å²) in [5, 5.41) is 4.08. The van der Waals surface area contributed by atoms with E-state index in [0.29, 0.717) is 22.8 Å². The highest BCUT2D eigenvalue weighted by Crippen LogP contribution is 2.34. The van der Waals surface area contributed by atoms with Crippen molar-refractivity contribution in [2.75, 3.05) is 19.5 Å². The molecule has 0 unspecified atom stereocenters. The van der Waals surface area contributed by atoms with Crippen LogP contribution >= 0.6 is 0 Å². The van der Waals surface area contributed by atoms with Crippen molar-refractivity contribution in [3.05, 3.63) is 65.4 Å².